The molecule has 0 aliphatic rings. The van der Waals surface area contributed by atoms with Crippen molar-refractivity contribution in [3.63, 3.8) is 0 Å². The van der Waals surface area contributed by atoms with Crippen LogP contribution in [0.25, 0.3) is 44.6 Å². The fraction of sp³-hybridized carbons (Fsp3) is 0.156. The zero-order valence-electron chi connectivity index (χ0n) is 21.2. The van der Waals surface area contributed by atoms with Gasteiger partial charge >= 0.3 is 0 Å². The first-order valence-corrected chi connectivity index (χ1v) is 12.1. The molecule has 0 aliphatic carbocycles. The monoisotopic (exact) mass is 662 g/mol. The summed E-state index contributed by atoms with van der Waals surface area (Å²) >= 11 is 0. The second kappa shape index (κ2) is 11.6. The summed E-state index contributed by atoms with van der Waals surface area (Å²) in [7, 11) is 0. The number of nitrogens with zero attached hydrogens (tertiary/aromatic N) is 3. The van der Waals surface area contributed by atoms with Crippen LogP contribution in [0.4, 0.5) is 0 Å². The largest absolute Gasteiger partial charge is 0.486 e. The van der Waals surface area contributed by atoms with E-state index in [4.69, 9.17) is 4.42 Å². The molecule has 4 aromatic heterocycles. The quantitative estimate of drug-likeness (QED) is 0.180. The first-order valence-electron chi connectivity index (χ1n) is 12.1. The van der Waals surface area contributed by atoms with Gasteiger partial charge in [-0.1, -0.05) is 48.1 Å². The van der Waals surface area contributed by atoms with E-state index in [1.807, 2.05) is 60.9 Å². The molecule has 0 saturated carbocycles. The van der Waals surface area contributed by atoms with Gasteiger partial charge in [0.2, 0.25) is 5.71 Å². The van der Waals surface area contributed by atoms with Gasteiger partial charge in [-0.05, 0) is 54.9 Å². The molecule has 2 aromatic carbocycles. The fourth-order valence-corrected chi connectivity index (χ4v) is 4.03. The number of fused-ring (bicyclic) bond motifs is 3. The molecule has 4 nitrogen and oxygen atoms in total. The molecule has 0 saturated heterocycles. The summed E-state index contributed by atoms with van der Waals surface area (Å²) in [5.41, 5.74) is 9.02. The predicted octanol–water partition coefficient (Wildman–Crippen LogP) is 8.13. The first-order chi connectivity index (χ1) is 17.5. The molecule has 37 heavy (non-hydrogen) atoms. The van der Waals surface area contributed by atoms with E-state index < -0.39 is 0 Å². The second-order valence-corrected chi connectivity index (χ2v) is 9.11. The number of hydrogen-bond acceptors (Lipinski definition) is 4. The Morgan fingerprint density at radius 2 is 1.62 bits per heavy atom. The van der Waals surface area contributed by atoms with Crippen LogP contribution in [0.1, 0.15) is 36.5 Å². The number of hydrogen-bond donors (Lipinski definition) is 0. The SMILES string of the molecule is CC(C)c1ccnc(-c2[c-]ccc3c2oc2ncccc23)c1.Cc1cnc(-c2[c-]cccc2)cc1C.[Ir]. The number of rotatable bonds is 3. The molecule has 6 aromatic rings. The average Bonchev–Trinajstić information content (AvgIpc) is 3.30. The smallest absolute Gasteiger partial charge is 0.216 e. The summed E-state index contributed by atoms with van der Waals surface area (Å²) in [4.78, 5) is 13.2. The third-order valence-corrected chi connectivity index (χ3v) is 6.27. The van der Waals surface area contributed by atoms with Crippen molar-refractivity contribution in [2.75, 3.05) is 0 Å². The molecule has 0 amide bonds. The molecule has 0 fully saturated rings. The van der Waals surface area contributed by atoms with Crippen molar-refractivity contribution in [3.05, 3.63) is 114 Å². The van der Waals surface area contributed by atoms with E-state index in [-0.39, 0.29) is 20.1 Å². The molecule has 0 atom stereocenters. The summed E-state index contributed by atoms with van der Waals surface area (Å²) in [6, 6.07) is 28.5. The molecule has 0 unspecified atom stereocenters. The van der Waals surface area contributed by atoms with Crippen molar-refractivity contribution >= 4 is 22.1 Å². The van der Waals surface area contributed by atoms with E-state index in [1.54, 1.807) is 6.20 Å². The van der Waals surface area contributed by atoms with E-state index in [0.29, 0.717) is 11.6 Å². The van der Waals surface area contributed by atoms with Gasteiger partial charge in [-0.25, -0.2) is 4.98 Å². The molecule has 4 heterocycles. The summed E-state index contributed by atoms with van der Waals surface area (Å²) in [6.45, 7) is 8.52. The molecule has 5 heteroatoms. The van der Waals surface area contributed by atoms with Crippen molar-refractivity contribution in [2.24, 2.45) is 0 Å². The van der Waals surface area contributed by atoms with E-state index in [9.17, 15) is 0 Å². The Kier molecular flexibility index (Phi) is 8.27. The maximum atomic E-state index is 5.96. The minimum Gasteiger partial charge on any atom is -0.486 e. The van der Waals surface area contributed by atoms with Gasteiger partial charge in [0.1, 0.15) is 0 Å². The van der Waals surface area contributed by atoms with Gasteiger partial charge in [0.15, 0.2) is 0 Å². The number of aromatic nitrogens is 3. The normalized spacial score (nSPS) is 10.7. The third-order valence-electron chi connectivity index (χ3n) is 6.27. The van der Waals surface area contributed by atoms with E-state index in [0.717, 1.165) is 38.9 Å². The molecule has 1 radical (unpaired) electrons. The molecule has 0 bridgehead atoms. The van der Waals surface area contributed by atoms with Crippen molar-refractivity contribution in [1.82, 2.24) is 15.0 Å². The zero-order valence-corrected chi connectivity index (χ0v) is 23.6. The van der Waals surface area contributed by atoms with Crippen LogP contribution < -0.4 is 0 Å². The van der Waals surface area contributed by atoms with Crippen molar-refractivity contribution < 1.29 is 24.5 Å². The van der Waals surface area contributed by atoms with E-state index in [2.05, 4.69) is 73.0 Å². The van der Waals surface area contributed by atoms with E-state index >= 15 is 0 Å². The standard InChI is InChI=1S/C19H15N2O.C13H12N.Ir/c1-12(2)13-8-10-20-17(11-13)16-6-3-5-14-15-7-4-9-21-19(15)22-18(14)16;1-10-8-13(14-9-11(10)2)12-6-4-3-5-7-12;/h3-5,7-12H,1-2H3;3-6,8-9H,1-2H3;/q2*-1;. The molecule has 0 spiro atoms. The summed E-state index contributed by atoms with van der Waals surface area (Å²) < 4.78 is 5.96. The van der Waals surface area contributed by atoms with Gasteiger partial charge in [0, 0.05) is 44.1 Å². The number of benzene rings is 2. The van der Waals surface area contributed by atoms with Crippen LogP contribution in [0.5, 0.6) is 0 Å². The van der Waals surface area contributed by atoms with Crippen LogP contribution in [0.3, 0.4) is 0 Å². The molecule has 6 rings (SSSR count). The van der Waals surface area contributed by atoms with Gasteiger partial charge in [0.25, 0.3) is 0 Å². The Morgan fingerprint density at radius 1 is 0.757 bits per heavy atom. The van der Waals surface area contributed by atoms with Crippen LogP contribution in [0.15, 0.2) is 89.7 Å². The third kappa shape index (κ3) is 5.69. The van der Waals surface area contributed by atoms with Crippen LogP contribution in [0.2, 0.25) is 0 Å². The van der Waals surface area contributed by atoms with Gasteiger partial charge in [-0.3, -0.25) is 0 Å². The topological polar surface area (TPSA) is 51.8 Å². The number of aryl methyl sites for hydroxylation is 2. The Balaban J connectivity index is 0.000000186. The Hall–Kier alpha value is -3.66. The van der Waals surface area contributed by atoms with Gasteiger partial charge in [-0.15, -0.1) is 54.1 Å². The van der Waals surface area contributed by atoms with Crippen molar-refractivity contribution in [1.29, 1.82) is 0 Å². The van der Waals surface area contributed by atoms with Crippen LogP contribution in [-0.2, 0) is 20.1 Å². The van der Waals surface area contributed by atoms with Gasteiger partial charge in [-0.2, -0.15) is 0 Å². The maximum absolute atomic E-state index is 5.96. The number of furan rings is 1. The Bertz CT molecular complexity index is 1640. The summed E-state index contributed by atoms with van der Waals surface area (Å²) in [6.07, 6.45) is 5.50. The van der Waals surface area contributed by atoms with Crippen LogP contribution >= 0.6 is 0 Å². The van der Waals surface area contributed by atoms with Crippen molar-refractivity contribution in [3.8, 4) is 22.5 Å². The summed E-state index contributed by atoms with van der Waals surface area (Å²) in [5, 5.41) is 2.07. The second-order valence-electron chi connectivity index (χ2n) is 9.11. The Morgan fingerprint density at radius 3 is 2.38 bits per heavy atom. The molecule has 0 aliphatic heterocycles. The molecule has 187 valence electrons. The van der Waals surface area contributed by atoms with Crippen LogP contribution in [-0.4, -0.2) is 15.0 Å². The zero-order chi connectivity index (χ0) is 25.1. The predicted molar refractivity (Wildman–Crippen MR) is 146 cm³/mol. The van der Waals surface area contributed by atoms with Crippen molar-refractivity contribution in [2.45, 2.75) is 33.6 Å². The molecular weight excluding hydrogens is 635 g/mol. The fourth-order valence-electron chi connectivity index (χ4n) is 4.03. The minimum atomic E-state index is 0. The average molecular weight is 662 g/mol. The molecular formula is C32H27IrN3O-2. The van der Waals surface area contributed by atoms with Gasteiger partial charge < -0.3 is 14.4 Å². The van der Waals surface area contributed by atoms with Gasteiger partial charge in [0.05, 0.1) is 5.58 Å². The maximum Gasteiger partial charge on any atom is 0.216 e. The Labute approximate surface area is 231 Å². The summed E-state index contributed by atoms with van der Waals surface area (Å²) in [5.74, 6) is 0.457. The van der Waals surface area contributed by atoms with E-state index in [1.165, 1.54) is 16.7 Å². The minimum absolute atomic E-state index is 0. The first kappa shape index (κ1) is 26.4. The van der Waals surface area contributed by atoms with Crippen LogP contribution in [0, 0.1) is 26.0 Å². The molecule has 0 N–H and O–H groups in total. The number of pyridine rings is 3.